The Kier molecular flexibility index (Phi) is 8.65. The molecule has 0 spiro atoms. The molecular formula is C29H35ClF2N6O3. The van der Waals surface area contributed by atoms with Crippen LogP contribution in [0.2, 0.25) is 5.02 Å². The zero-order valence-corrected chi connectivity index (χ0v) is 24.2. The molecule has 4 heterocycles. The first-order valence-corrected chi connectivity index (χ1v) is 14.2. The minimum absolute atomic E-state index is 0.0602. The largest absolute Gasteiger partial charge is 0.481 e. The van der Waals surface area contributed by atoms with Crippen LogP contribution in [0.3, 0.4) is 0 Å². The summed E-state index contributed by atoms with van der Waals surface area (Å²) in [6.07, 6.45) is 0.508. The van der Waals surface area contributed by atoms with E-state index in [1.165, 1.54) is 7.11 Å². The lowest BCUT2D eigenvalue weighted by atomic mass is 9.96. The van der Waals surface area contributed by atoms with Gasteiger partial charge in [-0.2, -0.15) is 0 Å². The summed E-state index contributed by atoms with van der Waals surface area (Å²) in [6.45, 7) is 5.60. The van der Waals surface area contributed by atoms with Crippen molar-refractivity contribution >= 4 is 34.8 Å². The number of pyridine rings is 1. The van der Waals surface area contributed by atoms with Crippen LogP contribution in [-0.4, -0.2) is 91.1 Å². The SMILES string of the molecule is COc1ccc(C2=CN(c3ccc(C(=O)N4CCN(C(=O)C5CCNCC5)CC4)c(Cl)c3)C(C)N2C)c(C(F)F)n1. The van der Waals surface area contributed by atoms with Crippen molar-refractivity contribution in [2.24, 2.45) is 5.92 Å². The third-order valence-electron chi connectivity index (χ3n) is 8.24. The Balaban J connectivity index is 1.29. The van der Waals surface area contributed by atoms with Gasteiger partial charge in [0, 0.05) is 62.7 Å². The number of rotatable bonds is 6. The summed E-state index contributed by atoms with van der Waals surface area (Å²) in [5.41, 5.74) is 1.65. The number of hydrogen-bond donors (Lipinski definition) is 1. The number of ether oxygens (including phenoxy) is 1. The fourth-order valence-electron chi connectivity index (χ4n) is 5.69. The summed E-state index contributed by atoms with van der Waals surface area (Å²) in [5.74, 6) is 0.190. The normalized spacial score (nSPS) is 20.1. The standard InChI is InChI=1S/C29H35ClF2N6O3/c1-18-35(2)24(22-6-7-25(41-3)34-26(22)27(31)32)17-38(18)20-4-5-21(23(30)16-20)29(40)37-14-12-36(13-15-37)28(39)19-8-10-33-11-9-19/h4-7,16-19,27,33H,8-15H2,1-3H3. The first kappa shape index (κ1) is 29.1. The summed E-state index contributed by atoms with van der Waals surface area (Å²) in [6, 6.07) is 8.37. The molecule has 0 radical (unpaired) electrons. The highest BCUT2D eigenvalue weighted by Crippen LogP contribution is 2.38. The van der Waals surface area contributed by atoms with E-state index in [1.807, 2.05) is 28.7 Å². The number of anilines is 1. The van der Waals surface area contributed by atoms with Crippen molar-refractivity contribution in [2.45, 2.75) is 32.4 Å². The van der Waals surface area contributed by atoms with Crippen molar-refractivity contribution in [1.29, 1.82) is 0 Å². The summed E-state index contributed by atoms with van der Waals surface area (Å²) >= 11 is 6.64. The van der Waals surface area contributed by atoms with E-state index in [-0.39, 0.29) is 35.5 Å². The maximum absolute atomic E-state index is 13.9. The van der Waals surface area contributed by atoms with Gasteiger partial charge >= 0.3 is 0 Å². The van der Waals surface area contributed by atoms with Crippen molar-refractivity contribution in [3.05, 3.63) is 58.4 Å². The number of benzene rings is 1. The Labute approximate surface area is 243 Å². The first-order chi connectivity index (χ1) is 19.7. The molecule has 1 aromatic heterocycles. The van der Waals surface area contributed by atoms with Crippen LogP contribution in [0.25, 0.3) is 5.70 Å². The minimum atomic E-state index is -2.77. The van der Waals surface area contributed by atoms with E-state index in [2.05, 4.69) is 10.3 Å². The average molecular weight is 589 g/mol. The molecule has 2 fully saturated rings. The number of piperazine rings is 1. The van der Waals surface area contributed by atoms with Crippen molar-refractivity contribution in [3.63, 3.8) is 0 Å². The number of hydrogen-bond acceptors (Lipinski definition) is 7. The molecule has 9 nitrogen and oxygen atoms in total. The van der Waals surface area contributed by atoms with Crippen molar-refractivity contribution in [3.8, 4) is 5.88 Å². The second kappa shape index (κ2) is 12.2. The van der Waals surface area contributed by atoms with Crippen LogP contribution in [0, 0.1) is 5.92 Å². The van der Waals surface area contributed by atoms with Crippen LogP contribution < -0.4 is 15.0 Å². The number of halogens is 3. The quantitative estimate of drug-likeness (QED) is 0.545. The van der Waals surface area contributed by atoms with E-state index < -0.39 is 6.43 Å². The van der Waals surface area contributed by atoms with Crippen molar-refractivity contribution < 1.29 is 23.1 Å². The first-order valence-electron chi connectivity index (χ1n) is 13.8. The van der Waals surface area contributed by atoms with E-state index in [4.69, 9.17) is 16.3 Å². The summed E-state index contributed by atoms with van der Waals surface area (Å²) in [7, 11) is 3.21. The lowest BCUT2D eigenvalue weighted by molar-refractivity contribution is -0.137. The van der Waals surface area contributed by atoms with Crippen LogP contribution in [-0.2, 0) is 4.79 Å². The number of piperidine rings is 1. The highest BCUT2D eigenvalue weighted by Gasteiger charge is 2.33. The molecule has 3 aliphatic rings. The predicted octanol–water partition coefficient (Wildman–Crippen LogP) is 4.06. The summed E-state index contributed by atoms with van der Waals surface area (Å²) in [4.78, 5) is 37.6. The second-order valence-electron chi connectivity index (χ2n) is 10.6. The predicted molar refractivity (Wildman–Crippen MR) is 153 cm³/mol. The zero-order valence-electron chi connectivity index (χ0n) is 23.4. The van der Waals surface area contributed by atoms with Gasteiger partial charge in [0.2, 0.25) is 11.8 Å². The van der Waals surface area contributed by atoms with E-state index in [0.717, 1.165) is 31.6 Å². The summed E-state index contributed by atoms with van der Waals surface area (Å²) < 4.78 is 32.8. The molecule has 1 N–H and O–H groups in total. The third kappa shape index (κ3) is 5.83. The fraction of sp³-hybridized carbons (Fsp3) is 0.483. The zero-order chi connectivity index (χ0) is 29.3. The maximum atomic E-state index is 13.9. The average Bonchev–Trinajstić information content (AvgIpc) is 3.30. The molecule has 2 amide bonds. The Morgan fingerprint density at radius 2 is 1.76 bits per heavy atom. The Hall–Kier alpha value is -3.44. The van der Waals surface area contributed by atoms with E-state index in [9.17, 15) is 18.4 Å². The molecule has 1 aromatic carbocycles. The summed E-state index contributed by atoms with van der Waals surface area (Å²) in [5, 5.41) is 3.59. The van der Waals surface area contributed by atoms with Gasteiger partial charge in [-0.25, -0.2) is 13.8 Å². The maximum Gasteiger partial charge on any atom is 0.281 e. The van der Waals surface area contributed by atoms with E-state index >= 15 is 0 Å². The van der Waals surface area contributed by atoms with Crippen molar-refractivity contribution in [2.75, 3.05) is 58.3 Å². The molecule has 0 saturated carbocycles. The number of carbonyl (C=O) groups is 2. The topological polar surface area (TPSA) is 81.2 Å². The number of nitrogens with one attached hydrogen (secondary N) is 1. The number of methoxy groups -OCH3 is 1. The third-order valence-corrected chi connectivity index (χ3v) is 8.56. The van der Waals surface area contributed by atoms with Gasteiger partial charge in [-0.05, 0) is 57.1 Å². The van der Waals surface area contributed by atoms with Crippen LogP contribution in [0.1, 0.15) is 47.8 Å². The Morgan fingerprint density at radius 3 is 2.39 bits per heavy atom. The lowest BCUT2D eigenvalue weighted by Gasteiger charge is -2.37. The number of aromatic nitrogens is 1. The van der Waals surface area contributed by atoms with Gasteiger partial charge in [0.25, 0.3) is 12.3 Å². The molecule has 2 saturated heterocycles. The molecule has 0 aliphatic carbocycles. The Morgan fingerprint density at radius 1 is 1.07 bits per heavy atom. The molecule has 12 heteroatoms. The molecule has 5 rings (SSSR count). The molecule has 3 aliphatic heterocycles. The van der Waals surface area contributed by atoms with Gasteiger partial charge in [0.15, 0.2) is 0 Å². The van der Waals surface area contributed by atoms with Crippen LogP contribution in [0.5, 0.6) is 5.88 Å². The van der Waals surface area contributed by atoms with Gasteiger partial charge in [-0.15, -0.1) is 0 Å². The molecule has 2 aromatic rings. The van der Waals surface area contributed by atoms with Crippen LogP contribution >= 0.6 is 11.6 Å². The molecule has 0 bridgehead atoms. The minimum Gasteiger partial charge on any atom is -0.481 e. The fourth-order valence-corrected chi connectivity index (χ4v) is 5.94. The van der Waals surface area contributed by atoms with Gasteiger partial charge < -0.3 is 29.7 Å². The monoisotopic (exact) mass is 588 g/mol. The van der Waals surface area contributed by atoms with E-state index in [0.29, 0.717) is 48.0 Å². The molecule has 220 valence electrons. The van der Waals surface area contributed by atoms with Gasteiger partial charge in [0.1, 0.15) is 11.9 Å². The highest BCUT2D eigenvalue weighted by atomic mass is 35.5. The number of alkyl halides is 2. The van der Waals surface area contributed by atoms with Gasteiger partial charge in [-0.1, -0.05) is 11.6 Å². The van der Waals surface area contributed by atoms with Crippen LogP contribution in [0.15, 0.2) is 36.5 Å². The van der Waals surface area contributed by atoms with E-state index in [1.54, 1.807) is 41.4 Å². The lowest BCUT2D eigenvalue weighted by Crippen LogP contribution is -2.52. The molecular weight excluding hydrogens is 554 g/mol. The van der Waals surface area contributed by atoms with Crippen molar-refractivity contribution in [1.82, 2.24) is 25.0 Å². The highest BCUT2D eigenvalue weighted by molar-refractivity contribution is 6.34. The number of carbonyl (C=O) groups excluding carboxylic acids is 2. The molecule has 1 unspecified atom stereocenters. The van der Waals surface area contributed by atoms with Gasteiger partial charge in [-0.3, -0.25) is 9.59 Å². The Bertz CT molecular complexity index is 1330. The number of amides is 2. The number of nitrogens with zero attached hydrogens (tertiary/aromatic N) is 5. The molecule has 41 heavy (non-hydrogen) atoms. The smallest absolute Gasteiger partial charge is 0.281 e. The second-order valence-corrected chi connectivity index (χ2v) is 11.0. The van der Waals surface area contributed by atoms with Gasteiger partial charge in [0.05, 0.1) is 23.4 Å². The molecule has 1 atom stereocenters. The van der Waals surface area contributed by atoms with Crippen LogP contribution in [0.4, 0.5) is 14.5 Å².